The summed E-state index contributed by atoms with van der Waals surface area (Å²) in [6, 6.07) is 10.6. The predicted molar refractivity (Wildman–Crippen MR) is 85.5 cm³/mol. The topological polar surface area (TPSA) is 95.6 Å². The van der Waals surface area contributed by atoms with E-state index in [4.69, 9.17) is 0 Å². The molecule has 2 aromatic rings. The molecule has 0 bridgehead atoms. The van der Waals surface area contributed by atoms with Gasteiger partial charge in [0.15, 0.2) is 0 Å². The number of nitrogens with one attached hydrogen (secondary N) is 2. The molecule has 0 atom stereocenters. The maximum absolute atomic E-state index is 12.3. The molecule has 0 aliphatic carbocycles. The molecule has 1 aliphatic rings. The predicted octanol–water partition coefficient (Wildman–Crippen LogP) is 2.13. The Balaban J connectivity index is 1.76. The highest BCUT2D eigenvalue weighted by Gasteiger charge is 2.39. The number of nitrogens with zero attached hydrogens (tertiary/aromatic N) is 1. The number of imide groups is 1. The number of hydrazine groups is 1. The van der Waals surface area contributed by atoms with Gasteiger partial charge in [-0.1, -0.05) is 18.2 Å². The Hall–Kier alpha value is -3.69. The van der Waals surface area contributed by atoms with E-state index in [1.165, 1.54) is 24.3 Å². The van der Waals surface area contributed by atoms with Crippen molar-refractivity contribution in [3.8, 4) is 0 Å². The minimum Gasteiger partial charge on any atom is -0.318 e. The molecule has 0 spiro atoms. The second-order valence-corrected chi connectivity index (χ2v) is 5.46. The van der Waals surface area contributed by atoms with Crippen LogP contribution in [0.3, 0.4) is 0 Å². The van der Waals surface area contributed by atoms with Crippen molar-refractivity contribution in [2.24, 2.45) is 0 Å². The van der Waals surface area contributed by atoms with Crippen LogP contribution in [0.25, 0.3) is 0 Å². The van der Waals surface area contributed by atoms with Crippen molar-refractivity contribution in [3.63, 3.8) is 0 Å². The summed E-state index contributed by atoms with van der Waals surface area (Å²) in [6.07, 6.45) is -5.08. The van der Waals surface area contributed by atoms with Crippen LogP contribution in [0.2, 0.25) is 0 Å². The highest BCUT2D eigenvalue weighted by atomic mass is 19.4. The number of alkyl halides is 3. The lowest BCUT2D eigenvalue weighted by Crippen LogP contribution is -2.45. The Kier molecular flexibility index (Phi) is 4.40. The number of anilines is 1. The lowest BCUT2D eigenvalue weighted by Gasteiger charge is -2.15. The van der Waals surface area contributed by atoms with E-state index in [0.717, 1.165) is 12.1 Å². The van der Waals surface area contributed by atoms with Crippen LogP contribution in [0, 0.1) is 0 Å². The van der Waals surface area contributed by atoms with Gasteiger partial charge in [-0.3, -0.25) is 24.6 Å². The van der Waals surface area contributed by atoms with E-state index in [1.807, 2.05) is 0 Å². The van der Waals surface area contributed by atoms with Gasteiger partial charge in [-0.2, -0.15) is 18.2 Å². The average molecular weight is 377 g/mol. The van der Waals surface area contributed by atoms with Crippen molar-refractivity contribution in [1.82, 2.24) is 10.4 Å². The van der Waals surface area contributed by atoms with E-state index in [1.54, 1.807) is 17.4 Å². The number of hydrogen-bond acceptors (Lipinski definition) is 4. The summed E-state index contributed by atoms with van der Waals surface area (Å²) in [5, 5.41) is 2.13. The molecule has 1 heterocycles. The highest BCUT2D eigenvalue weighted by molar-refractivity contribution is 6.22. The van der Waals surface area contributed by atoms with Crippen LogP contribution < -0.4 is 10.7 Å². The first kappa shape index (κ1) is 18.1. The summed E-state index contributed by atoms with van der Waals surface area (Å²) in [4.78, 5) is 47.7. The van der Waals surface area contributed by atoms with Crippen molar-refractivity contribution < 1.29 is 32.3 Å². The van der Waals surface area contributed by atoms with E-state index in [9.17, 15) is 32.3 Å². The van der Waals surface area contributed by atoms with Crippen LogP contribution in [0.1, 0.15) is 31.1 Å². The van der Waals surface area contributed by atoms with E-state index in [2.05, 4.69) is 5.43 Å². The lowest BCUT2D eigenvalue weighted by atomic mass is 10.1. The Labute approximate surface area is 149 Å². The van der Waals surface area contributed by atoms with Crippen molar-refractivity contribution in [1.29, 1.82) is 0 Å². The number of hydrogen-bond donors (Lipinski definition) is 2. The Morgan fingerprint density at radius 2 is 1.48 bits per heavy atom. The summed E-state index contributed by atoms with van der Waals surface area (Å²) in [7, 11) is 0. The maximum atomic E-state index is 12.3. The van der Waals surface area contributed by atoms with Crippen LogP contribution in [0.5, 0.6) is 0 Å². The van der Waals surface area contributed by atoms with Crippen LogP contribution in [-0.4, -0.2) is 34.8 Å². The van der Waals surface area contributed by atoms with E-state index in [-0.39, 0.29) is 22.4 Å². The van der Waals surface area contributed by atoms with Gasteiger partial charge in [0.25, 0.3) is 17.7 Å². The lowest BCUT2D eigenvalue weighted by molar-refractivity contribution is -0.167. The van der Waals surface area contributed by atoms with E-state index in [0.29, 0.717) is 5.01 Å². The number of benzene rings is 2. The number of halogens is 3. The zero-order chi connectivity index (χ0) is 19.8. The van der Waals surface area contributed by atoms with Gasteiger partial charge in [0.05, 0.1) is 11.1 Å². The molecule has 27 heavy (non-hydrogen) atoms. The molecule has 1 aliphatic heterocycles. The van der Waals surface area contributed by atoms with E-state index < -0.39 is 29.8 Å². The Morgan fingerprint density at radius 1 is 0.889 bits per heavy atom. The van der Waals surface area contributed by atoms with Gasteiger partial charge in [-0.25, -0.2) is 0 Å². The van der Waals surface area contributed by atoms with Gasteiger partial charge in [-0.05, 0) is 30.3 Å². The molecule has 0 fully saturated rings. The molecule has 138 valence electrons. The van der Waals surface area contributed by atoms with Gasteiger partial charge < -0.3 is 5.32 Å². The molecule has 10 heteroatoms. The third-order valence-electron chi connectivity index (χ3n) is 3.65. The van der Waals surface area contributed by atoms with Gasteiger partial charge in [0.2, 0.25) is 0 Å². The molecule has 2 aromatic carbocycles. The average Bonchev–Trinajstić information content (AvgIpc) is 2.86. The quantitative estimate of drug-likeness (QED) is 0.801. The zero-order valence-electron chi connectivity index (χ0n) is 13.3. The summed E-state index contributed by atoms with van der Waals surface area (Å²) < 4.78 is 36.9. The number of fused-ring (bicyclic) bond motifs is 1. The minimum atomic E-state index is -5.08. The van der Waals surface area contributed by atoms with Crippen LogP contribution in [0.15, 0.2) is 48.5 Å². The Bertz CT molecular complexity index is 937. The molecule has 3 rings (SSSR count). The van der Waals surface area contributed by atoms with Gasteiger partial charge in [-0.15, -0.1) is 0 Å². The SMILES string of the molecule is O=C(NN1C(=O)c2ccccc2C1=O)c1cccc(NC(=O)C(F)(F)F)c1. The number of carbonyl (C=O) groups excluding carboxylic acids is 4. The van der Waals surface area contributed by atoms with Crippen LogP contribution in [-0.2, 0) is 4.79 Å². The summed E-state index contributed by atoms with van der Waals surface area (Å²) >= 11 is 0. The number of carbonyl (C=O) groups is 4. The maximum Gasteiger partial charge on any atom is 0.471 e. The highest BCUT2D eigenvalue weighted by Crippen LogP contribution is 2.22. The molecule has 0 saturated carbocycles. The molecule has 4 amide bonds. The summed E-state index contributed by atoms with van der Waals surface area (Å²) in [5.74, 6) is -4.57. The fourth-order valence-electron chi connectivity index (χ4n) is 2.40. The zero-order valence-corrected chi connectivity index (χ0v) is 13.3. The minimum absolute atomic E-state index is 0.119. The Morgan fingerprint density at radius 3 is 2.04 bits per heavy atom. The normalized spacial score (nSPS) is 13.4. The van der Waals surface area contributed by atoms with E-state index >= 15 is 0 Å². The van der Waals surface area contributed by atoms with Crippen molar-refractivity contribution in [3.05, 3.63) is 65.2 Å². The molecule has 0 saturated heterocycles. The van der Waals surface area contributed by atoms with Crippen molar-refractivity contribution >= 4 is 29.3 Å². The molecular formula is C17H10F3N3O4. The summed E-state index contributed by atoms with van der Waals surface area (Å²) in [5.41, 5.74) is 1.92. The smallest absolute Gasteiger partial charge is 0.318 e. The van der Waals surface area contributed by atoms with Crippen LogP contribution in [0.4, 0.5) is 18.9 Å². The van der Waals surface area contributed by atoms with Gasteiger partial charge in [0.1, 0.15) is 0 Å². The first-order chi connectivity index (χ1) is 12.7. The first-order valence-electron chi connectivity index (χ1n) is 7.45. The third kappa shape index (κ3) is 3.50. The second-order valence-electron chi connectivity index (χ2n) is 5.46. The monoisotopic (exact) mass is 377 g/mol. The number of rotatable bonds is 3. The number of amides is 4. The third-order valence-corrected chi connectivity index (χ3v) is 3.65. The molecule has 0 aromatic heterocycles. The van der Waals surface area contributed by atoms with Crippen molar-refractivity contribution in [2.75, 3.05) is 5.32 Å². The first-order valence-corrected chi connectivity index (χ1v) is 7.45. The molecule has 0 radical (unpaired) electrons. The standard InChI is InChI=1S/C17H10F3N3O4/c18-17(19,20)16(27)21-10-5-3-4-9(8-10)13(24)22-23-14(25)11-6-1-2-7-12(11)15(23)26/h1-8H,(H,21,27)(H,22,24). The van der Waals surface area contributed by atoms with Crippen LogP contribution >= 0.6 is 0 Å². The molecule has 0 unspecified atom stereocenters. The molecule has 2 N–H and O–H groups in total. The fourth-order valence-corrected chi connectivity index (χ4v) is 2.40. The summed E-state index contributed by atoms with van der Waals surface area (Å²) in [6.45, 7) is 0. The van der Waals surface area contributed by atoms with Crippen molar-refractivity contribution in [2.45, 2.75) is 6.18 Å². The molecular weight excluding hydrogens is 367 g/mol. The van der Waals surface area contributed by atoms with Gasteiger partial charge in [0, 0.05) is 11.3 Å². The fraction of sp³-hybridized carbons (Fsp3) is 0.0588. The molecule has 7 nitrogen and oxygen atoms in total. The second kappa shape index (κ2) is 6.56. The largest absolute Gasteiger partial charge is 0.471 e. The van der Waals surface area contributed by atoms with Gasteiger partial charge >= 0.3 is 12.1 Å².